The lowest BCUT2D eigenvalue weighted by Crippen LogP contribution is -2.29. The van der Waals surface area contributed by atoms with Crippen LogP contribution in [0.4, 0.5) is 9.18 Å². The van der Waals surface area contributed by atoms with Crippen molar-refractivity contribution in [3.63, 3.8) is 0 Å². The number of aromatic nitrogens is 2. The maximum atomic E-state index is 13.5. The van der Waals surface area contributed by atoms with Crippen LogP contribution in [-0.4, -0.2) is 45.1 Å². The summed E-state index contributed by atoms with van der Waals surface area (Å²) in [6, 6.07) is 2.78. The summed E-state index contributed by atoms with van der Waals surface area (Å²) in [6.45, 7) is 1.07. The van der Waals surface area contributed by atoms with Crippen molar-refractivity contribution in [2.24, 2.45) is 11.8 Å². The van der Waals surface area contributed by atoms with Gasteiger partial charge in [-0.3, -0.25) is 9.78 Å². The largest absolute Gasteiger partial charge is 0.465 e. The zero-order chi connectivity index (χ0) is 17.6. The lowest BCUT2D eigenvalue weighted by atomic mass is 10.3. The topological polar surface area (TPSA) is 95.4 Å². The highest BCUT2D eigenvalue weighted by Gasteiger charge is 2.58. The Morgan fingerprint density at radius 3 is 2.84 bits per heavy atom. The quantitative estimate of drug-likeness (QED) is 0.867. The van der Waals surface area contributed by atoms with Crippen LogP contribution < -0.4 is 5.32 Å². The minimum absolute atomic E-state index is 0.000612. The minimum Gasteiger partial charge on any atom is -0.465 e. The van der Waals surface area contributed by atoms with E-state index in [-0.39, 0.29) is 24.1 Å². The number of hydrogen-bond donors (Lipinski definition) is 2. The summed E-state index contributed by atoms with van der Waals surface area (Å²) in [4.78, 5) is 32.8. The maximum absolute atomic E-state index is 13.5. The molecular weight excluding hydrogens is 347 g/mol. The molecule has 1 saturated heterocycles. The third-order valence-corrected chi connectivity index (χ3v) is 5.70. The standard InChI is InChI=1S/C16H15FN4O3S/c17-10-2-1-3-18-11(10)4-19-14(22)12-7-25-15(20-12)13-8-5-21(16(23)24)6-9(8)13/h1-3,7-9,13H,4-6H2,(H,19,22)(H,23,24)/t8-,9+,13?. The maximum Gasteiger partial charge on any atom is 0.407 e. The molecule has 1 aliphatic heterocycles. The third kappa shape index (κ3) is 2.95. The van der Waals surface area contributed by atoms with Gasteiger partial charge in [0.25, 0.3) is 5.91 Å². The number of likely N-dealkylation sites (tertiary alicyclic amines) is 1. The first-order chi connectivity index (χ1) is 12.0. The molecule has 1 unspecified atom stereocenters. The van der Waals surface area contributed by atoms with Gasteiger partial charge in [-0.25, -0.2) is 14.2 Å². The smallest absolute Gasteiger partial charge is 0.407 e. The molecule has 2 amide bonds. The number of halogens is 1. The van der Waals surface area contributed by atoms with Gasteiger partial charge >= 0.3 is 6.09 Å². The highest BCUT2D eigenvalue weighted by molar-refractivity contribution is 7.10. The number of thiazole rings is 1. The number of hydrogen-bond acceptors (Lipinski definition) is 5. The molecule has 2 fully saturated rings. The zero-order valence-corrected chi connectivity index (χ0v) is 13.9. The summed E-state index contributed by atoms with van der Waals surface area (Å²) in [5.41, 5.74) is 0.480. The Labute approximate surface area is 146 Å². The van der Waals surface area contributed by atoms with E-state index in [1.807, 2.05) is 0 Å². The van der Waals surface area contributed by atoms with Crippen molar-refractivity contribution >= 4 is 23.3 Å². The molecule has 3 heterocycles. The Balaban J connectivity index is 1.35. The fourth-order valence-electron chi connectivity index (χ4n) is 3.40. The van der Waals surface area contributed by atoms with Crippen LogP contribution in [0.2, 0.25) is 0 Å². The van der Waals surface area contributed by atoms with Gasteiger partial charge in [-0.2, -0.15) is 0 Å². The van der Waals surface area contributed by atoms with Gasteiger partial charge < -0.3 is 15.3 Å². The second-order valence-electron chi connectivity index (χ2n) is 6.23. The fraction of sp³-hybridized carbons (Fsp3) is 0.375. The Hall–Kier alpha value is -2.55. The van der Waals surface area contributed by atoms with Gasteiger partial charge in [-0.1, -0.05) is 0 Å². The number of pyridine rings is 1. The number of carboxylic acid groups (broad SMARTS) is 1. The van der Waals surface area contributed by atoms with Crippen molar-refractivity contribution < 1.29 is 19.1 Å². The van der Waals surface area contributed by atoms with Crippen LogP contribution in [0.3, 0.4) is 0 Å². The summed E-state index contributed by atoms with van der Waals surface area (Å²) in [6.07, 6.45) is 0.588. The first kappa shape index (κ1) is 15.9. The Morgan fingerprint density at radius 1 is 1.40 bits per heavy atom. The van der Waals surface area contributed by atoms with E-state index in [4.69, 9.17) is 5.11 Å². The van der Waals surface area contributed by atoms with Crippen molar-refractivity contribution in [1.82, 2.24) is 20.2 Å². The van der Waals surface area contributed by atoms with E-state index < -0.39 is 11.9 Å². The van der Waals surface area contributed by atoms with Crippen molar-refractivity contribution in [3.8, 4) is 0 Å². The van der Waals surface area contributed by atoms with Gasteiger partial charge in [0.1, 0.15) is 11.5 Å². The summed E-state index contributed by atoms with van der Waals surface area (Å²) in [5.74, 6) is 0.0259. The van der Waals surface area contributed by atoms with E-state index in [9.17, 15) is 14.0 Å². The molecule has 0 bridgehead atoms. The Bertz CT molecular complexity index is 830. The average Bonchev–Trinajstić information content (AvgIpc) is 2.98. The van der Waals surface area contributed by atoms with Crippen LogP contribution in [0.1, 0.15) is 27.1 Å². The molecule has 2 aliphatic rings. The second kappa shape index (κ2) is 6.07. The molecule has 3 atom stereocenters. The number of fused-ring (bicyclic) bond motifs is 1. The average molecular weight is 362 g/mol. The Morgan fingerprint density at radius 2 is 2.16 bits per heavy atom. The molecule has 7 nitrogen and oxygen atoms in total. The van der Waals surface area contributed by atoms with Crippen LogP contribution >= 0.6 is 11.3 Å². The normalized spacial score (nSPS) is 24.0. The molecule has 2 N–H and O–H groups in total. The summed E-state index contributed by atoms with van der Waals surface area (Å²) < 4.78 is 13.5. The molecule has 25 heavy (non-hydrogen) atoms. The van der Waals surface area contributed by atoms with Crippen molar-refractivity contribution in [2.75, 3.05) is 13.1 Å². The predicted molar refractivity (Wildman–Crippen MR) is 86.8 cm³/mol. The number of nitrogens with one attached hydrogen (secondary N) is 1. The highest BCUT2D eigenvalue weighted by atomic mass is 32.1. The van der Waals surface area contributed by atoms with E-state index in [0.29, 0.717) is 30.6 Å². The predicted octanol–water partition coefficient (Wildman–Crippen LogP) is 1.93. The summed E-state index contributed by atoms with van der Waals surface area (Å²) in [7, 11) is 0. The molecule has 2 aromatic rings. The summed E-state index contributed by atoms with van der Waals surface area (Å²) >= 11 is 1.41. The lowest BCUT2D eigenvalue weighted by molar-refractivity contribution is 0.0945. The fourth-order valence-corrected chi connectivity index (χ4v) is 4.45. The van der Waals surface area contributed by atoms with Crippen molar-refractivity contribution in [1.29, 1.82) is 0 Å². The molecule has 1 saturated carbocycles. The molecule has 0 aromatic carbocycles. The van der Waals surface area contributed by atoms with Gasteiger partial charge in [-0.05, 0) is 24.0 Å². The Kier molecular flexibility index (Phi) is 3.87. The van der Waals surface area contributed by atoms with Gasteiger partial charge in [0.05, 0.1) is 17.2 Å². The van der Waals surface area contributed by atoms with Crippen LogP contribution in [0.5, 0.6) is 0 Å². The molecule has 2 aromatic heterocycles. The molecule has 9 heteroatoms. The SMILES string of the molecule is O=C(NCc1ncccc1F)c1csc(C2[C@H]3CN(C(=O)O)C[C@@H]23)n1. The van der Waals surface area contributed by atoms with E-state index in [1.54, 1.807) is 5.38 Å². The molecule has 1 aliphatic carbocycles. The molecule has 130 valence electrons. The van der Waals surface area contributed by atoms with Crippen molar-refractivity contribution in [3.05, 3.63) is 45.9 Å². The van der Waals surface area contributed by atoms with Gasteiger partial charge in [-0.15, -0.1) is 11.3 Å². The summed E-state index contributed by atoms with van der Waals surface area (Å²) in [5, 5.41) is 14.2. The van der Waals surface area contributed by atoms with Crippen LogP contribution in [-0.2, 0) is 6.54 Å². The number of rotatable bonds is 4. The van der Waals surface area contributed by atoms with Crippen molar-refractivity contribution in [2.45, 2.75) is 12.5 Å². The molecule has 0 radical (unpaired) electrons. The molecule has 0 spiro atoms. The number of piperidine rings is 1. The lowest BCUT2D eigenvalue weighted by Gasteiger charge is -2.14. The number of nitrogens with zero attached hydrogens (tertiary/aromatic N) is 3. The third-order valence-electron chi connectivity index (χ3n) is 4.76. The molecule has 4 rings (SSSR count). The van der Waals surface area contributed by atoms with E-state index in [1.165, 1.54) is 34.6 Å². The first-order valence-corrected chi connectivity index (χ1v) is 8.73. The van der Waals surface area contributed by atoms with Gasteiger partial charge in [0, 0.05) is 30.6 Å². The van der Waals surface area contributed by atoms with E-state index in [0.717, 1.165) is 5.01 Å². The molecular formula is C16H15FN4O3S. The van der Waals surface area contributed by atoms with Crippen LogP contribution in [0.15, 0.2) is 23.7 Å². The van der Waals surface area contributed by atoms with Crippen LogP contribution in [0.25, 0.3) is 0 Å². The number of amides is 2. The zero-order valence-electron chi connectivity index (χ0n) is 13.1. The second-order valence-corrected chi connectivity index (χ2v) is 7.12. The van der Waals surface area contributed by atoms with Gasteiger partial charge in [0.2, 0.25) is 0 Å². The van der Waals surface area contributed by atoms with E-state index >= 15 is 0 Å². The first-order valence-electron chi connectivity index (χ1n) is 7.85. The number of carbonyl (C=O) groups excluding carboxylic acids is 1. The van der Waals surface area contributed by atoms with E-state index in [2.05, 4.69) is 15.3 Å². The monoisotopic (exact) mass is 362 g/mol. The van der Waals surface area contributed by atoms with Gasteiger partial charge in [0.15, 0.2) is 0 Å². The number of carbonyl (C=O) groups is 2. The highest BCUT2D eigenvalue weighted by Crippen LogP contribution is 2.58. The minimum atomic E-state index is -0.882. The van der Waals surface area contributed by atoms with Crippen LogP contribution in [0, 0.1) is 17.7 Å².